The average molecular weight is 278 g/mol. The van der Waals surface area contributed by atoms with Crippen molar-refractivity contribution < 1.29 is 14.3 Å². The van der Waals surface area contributed by atoms with E-state index in [2.05, 4.69) is 5.43 Å². The fraction of sp³-hybridized carbons (Fsp3) is 0.467. The highest BCUT2D eigenvalue weighted by Gasteiger charge is 2.37. The fourth-order valence-corrected chi connectivity index (χ4v) is 2.01. The monoisotopic (exact) mass is 278 g/mol. The van der Waals surface area contributed by atoms with E-state index in [0.29, 0.717) is 6.61 Å². The second kappa shape index (κ2) is 7.53. The zero-order valence-electron chi connectivity index (χ0n) is 12.5. The number of amides is 1. The molecule has 1 fully saturated rings. The van der Waals surface area contributed by atoms with Crippen molar-refractivity contribution in [1.29, 1.82) is 0 Å². The number of benzene rings is 1. The van der Waals surface area contributed by atoms with E-state index in [1.165, 1.54) is 0 Å². The van der Waals surface area contributed by atoms with Crippen molar-refractivity contribution in [3.63, 3.8) is 0 Å². The minimum atomic E-state index is -0.585. The van der Waals surface area contributed by atoms with Crippen LogP contribution in [0.25, 0.3) is 0 Å². The lowest BCUT2D eigenvalue weighted by Crippen LogP contribution is -2.43. The van der Waals surface area contributed by atoms with Crippen LogP contribution in [0.5, 0.6) is 0 Å². The molecule has 1 aliphatic heterocycles. The molecule has 1 atom stereocenters. The molecule has 0 aromatic heterocycles. The molecule has 1 heterocycles. The van der Waals surface area contributed by atoms with Crippen LogP contribution in [0.15, 0.2) is 24.3 Å². The van der Waals surface area contributed by atoms with E-state index in [-0.39, 0.29) is 18.3 Å². The molecule has 0 spiro atoms. The summed E-state index contributed by atoms with van der Waals surface area (Å²) < 4.78 is 4.99. The lowest BCUT2D eigenvalue weighted by atomic mass is 10.1. The van der Waals surface area contributed by atoms with Gasteiger partial charge in [-0.2, -0.15) is 0 Å². The standard InChI is InChI=1S/C13H16N2O3.C2H6/c1-3-18-13(17)11-8-12(16)14-15(11)10-7-5-4-6-9(10)2;1-2/h4-7,11H,3,8H2,1-2H3,(H,14,16);1-2H3. The van der Waals surface area contributed by atoms with Gasteiger partial charge in [0.2, 0.25) is 5.91 Å². The summed E-state index contributed by atoms with van der Waals surface area (Å²) in [5, 5.41) is 1.59. The van der Waals surface area contributed by atoms with Crippen molar-refractivity contribution in [2.75, 3.05) is 11.6 Å². The Labute approximate surface area is 119 Å². The molecule has 0 saturated carbocycles. The Balaban J connectivity index is 0.000000956. The van der Waals surface area contributed by atoms with Crippen LogP contribution in [0.4, 0.5) is 5.69 Å². The van der Waals surface area contributed by atoms with E-state index >= 15 is 0 Å². The number of nitrogens with one attached hydrogen (secondary N) is 1. The first kappa shape index (κ1) is 16.0. The second-order valence-electron chi connectivity index (χ2n) is 4.16. The lowest BCUT2D eigenvalue weighted by Gasteiger charge is -2.25. The predicted molar refractivity (Wildman–Crippen MR) is 78.2 cm³/mol. The highest BCUT2D eigenvalue weighted by atomic mass is 16.5. The summed E-state index contributed by atoms with van der Waals surface area (Å²) in [6.45, 7) is 7.99. The quantitative estimate of drug-likeness (QED) is 0.861. The molecule has 0 radical (unpaired) electrons. The Kier molecular flexibility index (Phi) is 6.03. The van der Waals surface area contributed by atoms with E-state index < -0.39 is 6.04 Å². The number of carbonyl (C=O) groups excluding carboxylic acids is 2. The summed E-state index contributed by atoms with van der Waals surface area (Å²) in [5.74, 6) is -0.546. The molecule has 1 N–H and O–H groups in total. The van der Waals surface area contributed by atoms with Crippen molar-refractivity contribution in [3.05, 3.63) is 29.8 Å². The van der Waals surface area contributed by atoms with Gasteiger partial charge in [0.1, 0.15) is 0 Å². The second-order valence-corrected chi connectivity index (χ2v) is 4.16. The third kappa shape index (κ3) is 3.50. The van der Waals surface area contributed by atoms with Gasteiger partial charge in [0.05, 0.1) is 18.7 Å². The fourth-order valence-electron chi connectivity index (χ4n) is 2.01. The number of esters is 1. The van der Waals surface area contributed by atoms with Crippen LogP contribution in [0.3, 0.4) is 0 Å². The van der Waals surface area contributed by atoms with Gasteiger partial charge in [-0.3, -0.25) is 15.2 Å². The molecular formula is C15H22N2O3. The third-order valence-corrected chi connectivity index (χ3v) is 2.87. The van der Waals surface area contributed by atoms with Gasteiger partial charge in [0.25, 0.3) is 0 Å². The maximum atomic E-state index is 11.8. The van der Waals surface area contributed by atoms with Crippen molar-refractivity contribution in [3.8, 4) is 0 Å². The average Bonchev–Trinajstić information content (AvgIpc) is 2.84. The molecule has 1 saturated heterocycles. The van der Waals surface area contributed by atoms with E-state index in [0.717, 1.165) is 11.3 Å². The summed E-state index contributed by atoms with van der Waals surface area (Å²) in [4.78, 5) is 23.3. The normalized spacial score (nSPS) is 17.1. The summed E-state index contributed by atoms with van der Waals surface area (Å²) in [6, 6.07) is 7.00. The molecule has 5 nitrogen and oxygen atoms in total. The molecule has 0 aliphatic carbocycles. The summed E-state index contributed by atoms with van der Waals surface area (Å²) in [6.07, 6.45) is 0.132. The van der Waals surface area contributed by atoms with Crippen LogP contribution in [0, 0.1) is 6.92 Å². The molecule has 1 unspecified atom stereocenters. The number of para-hydroxylation sites is 1. The number of aryl methyl sites for hydroxylation is 1. The molecule has 1 aromatic rings. The van der Waals surface area contributed by atoms with Crippen LogP contribution in [0.1, 0.15) is 32.8 Å². The maximum absolute atomic E-state index is 11.8. The van der Waals surface area contributed by atoms with E-state index in [1.807, 2.05) is 45.0 Å². The van der Waals surface area contributed by atoms with Crippen molar-refractivity contribution in [2.45, 2.75) is 40.2 Å². The molecule has 5 heteroatoms. The first-order valence-corrected chi connectivity index (χ1v) is 6.94. The Morgan fingerprint density at radius 3 is 2.65 bits per heavy atom. The Bertz CT molecular complexity index is 474. The number of hydrogen-bond acceptors (Lipinski definition) is 4. The zero-order valence-corrected chi connectivity index (χ0v) is 12.5. The molecular weight excluding hydrogens is 256 g/mol. The molecule has 110 valence electrons. The van der Waals surface area contributed by atoms with Crippen LogP contribution in [-0.2, 0) is 14.3 Å². The lowest BCUT2D eigenvalue weighted by molar-refractivity contribution is -0.144. The van der Waals surface area contributed by atoms with Gasteiger partial charge < -0.3 is 4.74 Å². The van der Waals surface area contributed by atoms with Gasteiger partial charge in [-0.05, 0) is 25.5 Å². The van der Waals surface area contributed by atoms with Crippen LogP contribution in [0.2, 0.25) is 0 Å². The van der Waals surface area contributed by atoms with Gasteiger partial charge in [-0.1, -0.05) is 32.0 Å². The third-order valence-electron chi connectivity index (χ3n) is 2.87. The molecule has 20 heavy (non-hydrogen) atoms. The highest BCUT2D eigenvalue weighted by Crippen LogP contribution is 2.24. The number of anilines is 1. The van der Waals surface area contributed by atoms with E-state index in [9.17, 15) is 9.59 Å². The number of ether oxygens (including phenoxy) is 1. The zero-order chi connectivity index (χ0) is 15.1. The maximum Gasteiger partial charge on any atom is 0.331 e. The van der Waals surface area contributed by atoms with Gasteiger partial charge >= 0.3 is 5.97 Å². The molecule has 1 amide bonds. The van der Waals surface area contributed by atoms with Crippen LogP contribution >= 0.6 is 0 Å². The Morgan fingerprint density at radius 1 is 1.40 bits per heavy atom. The number of nitrogens with zero attached hydrogens (tertiary/aromatic N) is 1. The largest absolute Gasteiger partial charge is 0.464 e. The van der Waals surface area contributed by atoms with Crippen molar-refractivity contribution in [1.82, 2.24) is 5.43 Å². The minimum Gasteiger partial charge on any atom is -0.464 e. The van der Waals surface area contributed by atoms with Crippen LogP contribution < -0.4 is 10.4 Å². The van der Waals surface area contributed by atoms with Gasteiger partial charge in [0, 0.05) is 0 Å². The molecule has 2 rings (SSSR count). The van der Waals surface area contributed by atoms with Gasteiger partial charge in [-0.25, -0.2) is 4.79 Å². The van der Waals surface area contributed by atoms with Crippen molar-refractivity contribution in [2.24, 2.45) is 0 Å². The van der Waals surface area contributed by atoms with Gasteiger partial charge in [-0.15, -0.1) is 0 Å². The summed E-state index contributed by atoms with van der Waals surface area (Å²) in [7, 11) is 0. The summed E-state index contributed by atoms with van der Waals surface area (Å²) in [5.41, 5.74) is 4.51. The van der Waals surface area contributed by atoms with E-state index in [4.69, 9.17) is 4.74 Å². The SMILES string of the molecule is CC.CCOC(=O)C1CC(=O)NN1c1ccccc1C. The predicted octanol–water partition coefficient (Wildman–Crippen LogP) is 2.19. The van der Waals surface area contributed by atoms with Crippen LogP contribution in [-0.4, -0.2) is 24.5 Å². The minimum absolute atomic E-state index is 0.132. The number of rotatable bonds is 3. The number of carbonyl (C=O) groups is 2. The molecule has 1 aliphatic rings. The molecule has 1 aromatic carbocycles. The van der Waals surface area contributed by atoms with Crippen molar-refractivity contribution >= 4 is 17.6 Å². The summed E-state index contributed by atoms with van der Waals surface area (Å²) >= 11 is 0. The first-order valence-electron chi connectivity index (χ1n) is 6.94. The highest BCUT2D eigenvalue weighted by molar-refractivity contribution is 5.93. The molecule has 0 bridgehead atoms. The topological polar surface area (TPSA) is 58.6 Å². The first-order chi connectivity index (χ1) is 9.63. The van der Waals surface area contributed by atoms with E-state index in [1.54, 1.807) is 11.9 Å². The Hall–Kier alpha value is -2.04. The number of hydrazine groups is 1. The number of hydrogen-bond donors (Lipinski definition) is 1. The smallest absolute Gasteiger partial charge is 0.331 e. The Morgan fingerprint density at radius 2 is 2.05 bits per heavy atom. The van der Waals surface area contributed by atoms with Gasteiger partial charge in [0.15, 0.2) is 6.04 Å².